The number of amides is 1. The predicted molar refractivity (Wildman–Crippen MR) is 127 cm³/mol. The van der Waals surface area contributed by atoms with Crippen LogP contribution >= 0.6 is 22.7 Å². The Morgan fingerprint density at radius 3 is 2.35 bits per heavy atom. The topological polar surface area (TPSA) is 99.2 Å². The fourth-order valence-corrected chi connectivity index (χ4v) is 6.39. The minimum Gasteiger partial charge on any atom is -0.741 e. The van der Waals surface area contributed by atoms with Gasteiger partial charge in [-0.2, -0.15) is 13.2 Å². The Hall–Kier alpha value is -2.06. The molecule has 3 heterocycles. The van der Waals surface area contributed by atoms with Crippen LogP contribution in [0.5, 0.6) is 0 Å². The van der Waals surface area contributed by atoms with Gasteiger partial charge in [-0.25, -0.2) is 13.4 Å². The van der Waals surface area contributed by atoms with E-state index in [1.54, 1.807) is 29.6 Å². The second-order valence-electron chi connectivity index (χ2n) is 7.88. The Morgan fingerprint density at radius 2 is 1.82 bits per heavy atom. The van der Waals surface area contributed by atoms with E-state index in [0.29, 0.717) is 0 Å². The van der Waals surface area contributed by atoms with Gasteiger partial charge in [-0.1, -0.05) is 12.1 Å². The molecule has 1 aromatic carbocycles. The number of carbonyl (C=O) groups excluding carboxylic acids is 1. The number of quaternary nitrogens is 1. The number of thiazole rings is 1. The molecule has 0 spiro atoms. The number of anilines is 1. The summed E-state index contributed by atoms with van der Waals surface area (Å²) >= 11 is 3.47. The minimum absolute atomic E-state index is 0.0160. The van der Waals surface area contributed by atoms with E-state index in [1.165, 1.54) is 15.1 Å². The molecular weight excluding hydrogens is 511 g/mol. The summed E-state index contributed by atoms with van der Waals surface area (Å²) in [5.74, 6) is -0.0160. The van der Waals surface area contributed by atoms with Gasteiger partial charge in [-0.3, -0.25) is 4.79 Å². The zero-order valence-corrected chi connectivity index (χ0v) is 21.2. The van der Waals surface area contributed by atoms with Gasteiger partial charge in [0.1, 0.15) is 16.6 Å². The summed E-state index contributed by atoms with van der Waals surface area (Å²) in [5.41, 5.74) is -2.06. The highest BCUT2D eigenvalue weighted by atomic mass is 32.2. The normalized spacial score (nSPS) is 15.4. The Bertz CT molecular complexity index is 1260. The van der Waals surface area contributed by atoms with Gasteiger partial charge in [0, 0.05) is 18.9 Å². The number of hydrogen-bond acceptors (Lipinski definition) is 7. The molecule has 2 aromatic heterocycles. The number of likely N-dealkylation sites (N-methyl/N-ethyl adjacent to an activating group) is 1. The molecule has 0 atom stereocenters. The zero-order chi connectivity index (χ0) is 25.3. The first kappa shape index (κ1) is 26.5. The molecule has 4 rings (SSSR count). The van der Waals surface area contributed by atoms with E-state index in [4.69, 9.17) is 18.0 Å². The molecule has 13 heteroatoms. The number of nitrogens with zero attached hydrogens (tertiary/aromatic N) is 2. The van der Waals surface area contributed by atoms with E-state index < -0.39 is 15.6 Å². The molecule has 0 saturated carbocycles. The third-order valence-electron chi connectivity index (χ3n) is 5.83. The molecular formula is C21H24F3N3O4S3. The summed E-state index contributed by atoms with van der Waals surface area (Å²) in [6.07, 6.45) is 1.05. The number of para-hydroxylation sites is 1. The van der Waals surface area contributed by atoms with Crippen molar-refractivity contribution in [2.45, 2.75) is 39.2 Å². The fraction of sp³-hybridized carbons (Fsp3) is 0.429. The number of hydrogen-bond donors (Lipinski definition) is 1. The highest BCUT2D eigenvalue weighted by Crippen LogP contribution is 2.46. The van der Waals surface area contributed by atoms with Crippen molar-refractivity contribution in [1.82, 2.24) is 4.98 Å². The van der Waals surface area contributed by atoms with Crippen LogP contribution in [0.1, 0.15) is 31.2 Å². The molecule has 1 aliphatic rings. The van der Waals surface area contributed by atoms with Crippen LogP contribution < -0.4 is 5.32 Å². The zero-order valence-electron chi connectivity index (χ0n) is 18.7. The highest BCUT2D eigenvalue weighted by Gasteiger charge is 2.37. The number of alkyl halides is 3. The molecule has 7 nitrogen and oxygen atoms in total. The molecule has 34 heavy (non-hydrogen) atoms. The third-order valence-corrected chi connectivity index (χ3v) is 8.58. The molecule has 1 N–H and O–H groups in total. The van der Waals surface area contributed by atoms with Crippen LogP contribution in [0.2, 0.25) is 0 Å². The summed E-state index contributed by atoms with van der Waals surface area (Å²) in [5, 5.41) is 5.07. The Morgan fingerprint density at radius 1 is 1.21 bits per heavy atom. The minimum atomic E-state index is -6.09. The van der Waals surface area contributed by atoms with E-state index in [-0.39, 0.29) is 5.91 Å². The van der Waals surface area contributed by atoms with Crippen molar-refractivity contribution in [1.29, 1.82) is 0 Å². The summed E-state index contributed by atoms with van der Waals surface area (Å²) in [7, 11) is -6.09. The predicted octanol–water partition coefficient (Wildman–Crippen LogP) is 4.95. The second kappa shape index (κ2) is 9.90. The number of nitrogens with one attached hydrogen (secondary N) is 1. The number of thiophene rings is 1. The summed E-state index contributed by atoms with van der Waals surface area (Å²) in [6.45, 7) is 10.7. The molecule has 0 unspecified atom stereocenters. The van der Waals surface area contributed by atoms with E-state index in [0.717, 1.165) is 58.2 Å². The number of aromatic nitrogens is 1. The van der Waals surface area contributed by atoms with Crippen molar-refractivity contribution >= 4 is 53.9 Å². The monoisotopic (exact) mass is 535 g/mol. The largest absolute Gasteiger partial charge is 0.741 e. The van der Waals surface area contributed by atoms with Crippen molar-refractivity contribution in [3.05, 3.63) is 34.7 Å². The third kappa shape index (κ3) is 5.60. The maximum atomic E-state index is 11.8. The van der Waals surface area contributed by atoms with Crippen molar-refractivity contribution in [3.8, 4) is 10.6 Å². The first-order valence-electron chi connectivity index (χ1n) is 10.5. The van der Waals surface area contributed by atoms with Crippen molar-refractivity contribution < 1.29 is 35.4 Å². The highest BCUT2D eigenvalue weighted by molar-refractivity contribution is 7.86. The van der Waals surface area contributed by atoms with Crippen LogP contribution in [0, 0.1) is 0 Å². The van der Waals surface area contributed by atoms with Gasteiger partial charge < -0.3 is 14.4 Å². The SMILES string of the molecule is CC[N+]1(CC)CCc2c(sc(NC(C)=O)c2-c2nc3ccccc3s2)C1.O=S(=O)([O-])C(F)(F)F. The fourth-order valence-electron chi connectivity index (χ4n) is 3.85. The molecule has 0 saturated heterocycles. The van der Waals surface area contributed by atoms with E-state index in [2.05, 4.69) is 37.4 Å². The van der Waals surface area contributed by atoms with Gasteiger partial charge in [0.05, 0.1) is 34.7 Å². The first-order valence-corrected chi connectivity index (χ1v) is 13.5. The van der Waals surface area contributed by atoms with Gasteiger partial charge in [-0.15, -0.1) is 22.7 Å². The van der Waals surface area contributed by atoms with Crippen molar-refractivity contribution in [3.63, 3.8) is 0 Å². The number of fused-ring (bicyclic) bond motifs is 2. The lowest BCUT2D eigenvalue weighted by Gasteiger charge is -2.39. The van der Waals surface area contributed by atoms with Gasteiger partial charge in [0.25, 0.3) is 0 Å². The molecule has 0 bridgehead atoms. The average molecular weight is 536 g/mol. The maximum absolute atomic E-state index is 11.8. The lowest BCUT2D eigenvalue weighted by atomic mass is 10.0. The lowest BCUT2D eigenvalue weighted by Crippen LogP contribution is -2.50. The van der Waals surface area contributed by atoms with Gasteiger partial charge in [-0.05, 0) is 31.5 Å². The van der Waals surface area contributed by atoms with Gasteiger partial charge in [0.15, 0.2) is 10.1 Å². The standard InChI is InChI=1S/C20H23N3OS2.CHF3O3S/c1-4-23(5-2)11-10-14-17(12-23)26-19(21-13(3)24)18(14)20-22-15-8-6-7-9-16(15)25-20;2-1(3,4)8(5,6)7/h6-9H,4-5,10-12H2,1-3H3;(H,5,6,7). The molecule has 0 radical (unpaired) electrons. The van der Waals surface area contributed by atoms with E-state index in [9.17, 15) is 18.0 Å². The van der Waals surface area contributed by atoms with Gasteiger partial charge >= 0.3 is 5.51 Å². The van der Waals surface area contributed by atoms with Crippen molar-refractivity contribution in [2.24, 2.45) is 0 Å². The second-order valence-corrected chi connectivity index (χ2v) is 11.4. The summed E-state index contributed by atoms with van der Waals surface area (Å²) in [4.78, 5) is 18.1. The number of benzene rings is 1. The number of carbonyl (C=O) groups is 1. The van der Waals surface area contributed by atoms with E-state index in [1.807, 2.05) is 6.07 Å². The molecule has 1 amide bonds. The number of halogens is 3. The Balaban J connectivity index is 0.000000350. The van der Waals surface area contributed by atoms with Crippen molar-refractivity contribution in [2.75, 3.05) is 25.0 Å². The molecule has 0 fully saturated rings. The Labute approximate surface area is 203 Å². The number of rotatable bonds is 4. The maximum Gasteiger partial charge on any atom is 0.485 e. The quantitative estimate of drug-likeness (QED) is 0.290. The lowest BCUT2D eigenvalue weighted by molar-refractivity contribution is -0.939. The van der Waals surface area contributed by atoms with Crippen LogP contribution in [0.25, 0.3) is 20.8 Å². The summed E-state index contributed by atoms with van der Waals surface area (Å²) < 4.78 is 61.2. The molecule has 0 aliphatic carbocycles. The molecule has 3 aromatic rings. The molecule has 186 valence electrons. The van der Waals surface area contributed by atoms with Crippen LogP contribution in [-0.2, 0) is 27.9 Å². The first-order chi connectivity index (χ1) is 15.8. The van der Waals surface area contributed by atoms with Crippen LogP contribution in [-0.4, -0.2) is 53.5 Å². The Kier molecular flexibility index (Phi) is 7.73. The summed E-state index contributed by atoms with van der Waals surface area (Å²) in [6, 6.07) is 8.25. The average Bonchev–Trinajstić information content (AvgIpc) is 3.31. The molecule has 1 aliphatic heterocycles. The van der Waals surface area contributed by atoms with Crippen LogP contribution in [0.3, 0.4) is 0 Å². The van der Waals surface area contributed by atoms with Crippen LogP contribution in [0.15, 0.2) is 24.3 Å². The van der Waals surface area contributed by atoms with Crippen LogP contribution in [0.4, 0.5) is 18.2 Å². The smallest absolute Gasteiger partial charge is 0.485 e. The van der Waals surface area contributed by atoms with Gasteiger partial charge in [0.2, 0.25) is 5.91 Å². The van der Waals surface area contributed by atoms with E-state index >= 15 is 0 Å².